The van der Waals surface area contributed by atoms with Crippen LogP contribution in [0.25, 0.3) is 0 Å². The first-order chi connectivity index (χ1) is 9.77. The third-order valence-electron chi connectivity index (χ3n) is 4.29. The highest BCUT2D eigenvalue weighted by molar-refractivity contribution is 5.80. The lowest BCUT2D eigenvalue weighted by molar-refractivity contribution is -0.184. The summed E-state index contributed by atoms with van der Waals surface area (Å²) in [6.45, 7) is 0. The molecule has 2 N–H and O–H groups in total. The van der Waals surface area contributed by atoms with E-state index in [1.807, 2.05) is 0 Å². The van der Waals surface area contributed by atoms with Crippen molar-refractivity contribution in [3.8, 4) is 0 Å². The highest BCUT2D eigenvalue weighted by Gasteiger charge is 2.42. The van der Waals surface area contributed by atoms with Crippen molar-refractivity contribution in [1.82, 2.24) is 5.32 Å². The van der Waals surface area contributed by atoms with Crippen LogP contribution in [0.5, 0.6) is 0 Å². The molecule has 7 heteroatoms. The fraction of sp³-hybridized carbons (Fsp3) is 0.714. The Morgan fingerprint density at radius 3 is 2.19 bits per heavy atom. The molecule has 1 amide bonds. The van der Waals surface area contributed by atoms with Crippen LogP contribution in [0.2, 0.25) is 0 Å². The molecule has 2 aliphatic carbocycles. The van der Waals surface area contributed by atoms with E-state index in [1.165, 1.54) is 6.08 Å². The summed E-state index contributed by atoms with van der Waals surface area (Å²) in [5.41, 5.74) is 0. The number of rotatable bonds is 3. The van der Waals surface area contributed by atoms with E-state index in [0.717, 1.165) is 0 Å². The van der Waals surface area contributed by atoms with Gasteiger partial charge >= 0.3 is 12.1 Å². The second-order valence-corrected chi connectivity index (χ2v) is 5.77. The van der Waals surface area contributed by atoms with E-state index >= 15 is 0 Å². The lowest BCUT2D eigenvalue weighted by atomic mass is 9.81. The molecule has 0 heterocycles. The van der Waals surface area contributed by atoms with Crippen molar-refractivity contribution in [3.63, 3.8) is 0 Å². The van der Waals surface area contributed by atoms with E-state index in [1.54, 1.807) is 6.08 Å². The first-order valence-corrected chi connectivity index (χ1v) is 7.05. The molecular weight excluding hydrogens is 287 g/mol. The van der Waals surface area contributed by atoms with Gasteiger partial charge in [-0.3, -0.25) is 9.59 Å². The minimum Gasteiger partial charge on any atom is -0.481 e. The molecule has 118 valence electrons. The molecule has 0 radical (unpaired) electrons. The van der Waals surface area contributed by atoms with E-state index in [-0.39, 0.29) is 37.6 Å². The van der Waals surface area contributed by atoms with Crippen LogP contribution in [0.4, 0.5) is 13.2 Å². The lowest BCUT2D eigenvalue weighted by Gasteiger charge is -2.29. The molecule has 0 aromatic carbocycles. The highest BCUT2D eigenvalue weighted by atomic mass is 19.4. The van der Waals surface area contributed by atoms with Gasteiger partial charge in [0.25, 0.3) is 0 Å². The van der Waals surface area contributed by atoms with Gasteiger partial charge in [-0.2, -0.15) is 13.2 Å². The molecule has 0 saturated heterocycles. The van der Waals surface area contributed by atoms with Gasteiger partial charge in [0.1, 0.15) is 0 Å². The molecule has 2 rings (SSSR count). The van der Waals surface area contributed by atoms with Gasteiger partial charge in [-0.05, 0) is 32.1 Å². The number of carboxylic acids is 1. The van der Waals surface area contributed by atoms with Gasteiger partial charge in [-0.25, -0.2) is 0 Å². The lowest BCUT2D eigenvalue weighted by Crippen LogP contribution is -2.40. The van der Waals surface area contributed by atoms with Crippen molar-refractivity contribution in [2.75, 3.05) is 0 Å². The third-order valence-corrected chi connectivity index (χ3v) is 4.29. The molecule has 1 fully saturated rings. The molecule has 0 bridgehead atoms. The first-order valence-electron chi connectivity index (χ1n) is 7.05. The quantitative estimate of drug-likeness (QED) is 0.787. The molecule has 0 aromatic rings. The molecule has 0 spiro atoms. The second kappa shape index (κ2) is 6.07. The number of aliphatic carboxylic acids is 1. The van der Waals surface area contributed by atoms with Crippen molar-refractivity contribution >= 4 is 11.9 Å². The van der Waals surface area contributed by atoms with Crippen LogP contribution in [0.3, 0.4) is 0 Å². The van der Waals surface area contributed by atoms with Gasteiger partial charge in [0.15, 0.2) is 0 Å². The van der Waals surface area contributed by atoms with Crippen LogP contribution in [-0.4, -0.2) is 29.2 Å². The number of carbonyl (C=O) groups excluding carboxylic acids is 1. The summed E-state index contributed by atoms with van der Waals surface area (Å²) >= 11 is 0. The van der Waals surface area contributed by atoms with E-state index in [2.05, 4.69) is 5.32 Å². The minimum atomic E-state index is -4.18. The van der Waals surface area contributed by atoms with Gasteiger partial charge < -0.3 is 10.4 Å². The van der Waals surface area contributed by atoms with Gasteiger partial charge in [0.2, 0.25) is 5.91 Å². The Balaban J connectivity index is 1.79. The van der Waals surface area contributed by atoms with Crippen molar-refractivity contribution in [2.24, 2.45) is 17.8 Å². The number of carbonyl (C=O) groups is 2. The fourth-order valence-electron chi connectivity index (χ4n) is 2.97. The predicted molar refractivity (Wildman–Crippen MR) is 68.3 cm³/mol. The highest BCUT2D eigenvalue weighted by Crippen LogP contribution is 2.39. The summed E-state index contributed by atoms with van der Waals surface area (Å²) in [5, 5.41) is 11.6. The van der Waals surface area contributed by atoms with E-state index in [0.29, 0.717) is 6.42 Å². The molecule has 21 heavy (non-hydrogen) atoms. The number of alkyl halides is 3. The van der Waals surface area contributed by atoms with Crippen LogP contribution in [0, 0.1) is 17.8 Å². The minimum absolute atomic E-state index is 0.0140. The number of nitrogens with one attached hydrogen (secondary N) is 1. The smallest absolute Gasteiger partial charge is 0.391 e. The average molecular weight is 305 g/mol. The Kier molecular flexibility index (Phi) is 4.58. The van der Waals surface area contributed by atoms with E-state index < -0.39 is 29.9 Å². The molecule has 1 saturated carbocycles. The van der Waals surface area contributed by atoms with E-state index in [4.69, 9.17) is 5.11 Å². The number of hydrogen-bond acceptors (Lipinski definition) is 2. The van der Waals surface area contributed by atoms with Crippen LogP contribution in [-0.2, 0) is 9.59 Å². The van der Waals surface area contributed by atoms with Crippen LogP contribution in [0.1, 0.15) is 32.1 Å². The number of hydrogen-bond donors (Lipinski definition) is 2. The molecule has 2 aliphatic rings. The molecule has 2 atom stereocenters. The van der Waals surface area contributed by atoms with Gasteiger partial charge in [0, 0.05) is 12.0 Å². The summed E-state index contributed by atoms with van der Waals surface area (Å²) in [4.78, 5) is 22.8. The summed E-state index contributed by atoms with van der Waals surface area (Å²) in [6.07, 6.45) is -0.265. The predicted octanol–water partition coefficient (Wildman–Crippen LogP) is 2.50. The Labute approximate surface area is 120 Å². The normalized spacial score (nSPS) is 32.9. The molecule has 2 unspecified atom stereocenters. The summed E-state index contributed by atoms with van der Waals surface area (Å²) in [7, 11) is 0. The van der Waals surface area contributed by atoms with E-state index in [9.17, 15) is 22.8 Å². The Hall–Kier alpha value is -1.53. The summed E-state index contributed by atoms with van der Waals surface area (Å²) in [5.74, 6) is -3.51. The maximum absolute atomic E-state index is 12.6. The topological polar surface area (TPSA) is 66.4 Å². The zero-order chi connectivity index (χ0) is 15.6. The fourth-order valence-corrected chi connectivity index (χ4v) is 2.97. The number of carboxylic acid groups (broad SMARTS) is 1. The monoisotopic (exact) mass is 305 g/mol. The average Bonchev–Trinajstić information content (AvgIpc) is 2.86. The SMILES string of the molecule is O=C(O)C1C=CC(NC(=O)C2CCC(C(F)(F)F)CC2)C1. The van der Waals surface area contributed by atoms with Crippen molar-refractivity contribution in [2.45, 2.75) is 44.3 Å². The summed E-state index contributed by atoms with van der Waals surface area (Å²) < 4.78 is 37.7. The zero-order valence-corrected chi connectivity index (χ0v) is 11.4. The Morgan fingerprint density at radius 1 is 1.10 bits per heavy atom. The maximum Gasteiger partial charge on any atom is 0.391 e. The van der Waals surface area contributed by atoms with Gasteiger partial charge in [-0.15, -0.1) is 0 Å². The zero-order valence-electron chi connectivity index (χ0n) is 11.4. The van der Waals surface area contributed by atoms with Crippen molar-refractivity contribution in [3.05, 3.63) is 12.2 Å². The molecule has 4 nitrogen and oxygen atoms in total. The van der Waals surface area contributed by atoms with Gasteiger partial charge in [-0.1, -0.05) is 12.2 Å². The molecular formula is C14H18F3NO3. The largest absolute Gasteiger partial charge is 0.481 e. The summed E-state index contributed by atoms with van der Waals surface area (Å²) in [6, 6.07) is -0.334. The third kappa shape index (κ3) is 3.98. The second-order valence-electron chi connectivity index (χ2n) is 5.77. The first kappa shape index (κ1) is 15.9. The molecule has 0 aromatic heterocycles. The van der Waals surface area contributed by atoms with Crippen LogP contribution >= 0.6 is 0 Å². The maximum atomic E-state index is 12.6. The standard InChI is InChI=1S/C14H18F3NO3/c15-14(16,17)10-4-1-8(2-5-10)12(19)18-11-6-3-9(7-11)13(20)21/h3,6,8-11H,1-2,4-5,7H2,(H,18,19)(H,20,21). The Morgan fingerprint density at radius 2 is 1.71 bits per heavy atom. The van der Waals surface area contributed by atoms with Gasteiger partial charge in [0.05, 0.1) is 11.8 Å². The number of halogens is 3. The molecule has 0 aliphatic heterocycles. The number of amides is 1. The van der Waals surface area contributed by atoms with Crippen LogP contribution in [0.15, 0.2) is 12.2 Å². The van der Waals surface area contributed by atoms with Crippen molar-refractivity contribution in [1.29, 1.82) is 0 Å². The Bertz CT molecular complexity index is 439. The van der Waals surface area contributed by atoms with Crippen LogP contribution < -0.4 is 5.32 Å². The van der Waals surface area contributed by atoms with Crippen molar-refractivity contribution < 1.29 is 27.9 Å².